The summed E-state index contributed by atoms with van der Waals surface area (Å²) in [5.41, 5.74) is 1.28. The van der Waals surface area contributed by atoms with Gasteiger partial charge in [0.1, 0.15) is 0 Å². The lowest BCUT2D eigenvalue weighted by Crippen LogP contribution is -2.28. The molecular formula is C14H20N2. The Morgan fingerprint density at radius 2 is 2.06 bits per heavy atom. The number of hydrogen-bond donors (Lipinski definition) is 1. The van der Waals surface area contributed by atoms with Crippen LogP contribution in [0.1, 0.15) is 38.2 Å². The molecule has 0 spiro atoms. The summed E-state index contributed by atoms with van der Waals surface area (Å²) in [6, 6.07) is 12.9. The SMILES string of the molecule is CCCCC(CC#N)NCc1ccccc1. The molecule has 0 aliphatic carbocycles. The molecule has 0 radical (unpaired) electrons. The predicted molar refractivity (Wildman–Crippen MR) is 66.8 cm³/mol. The van der Waals surface area contributed by atoms with E-state index in [-0.39, 0.29) is 0 Å². The molecule has 1 N–H and O–H groups in total. The summed E-state index contributed by atoms with van der Waals surface area (Å²) in [4.78, 5) is 0. The lowest BCUT2D eigenvalue weighted by Gasteiger charge is -2.15. The molecule has 1 aromatic carbocycles. The average Bonchev–Trinajstić information content (AvgIpc) is 2.34. The molecule has 1 atom stereocenters. The van der Waals surface area contributed by atoms with Crippen LogP contribution < -0.4 is 5.32 Å². The molecule has 0 saturated carbocycles. The van der Waals surface area contributed by atoms with Gasteiger partial charge in [0.2, 0.25) is 0 Å². The first-order valence-corrected chi connectivity index (χ1v) is 6.01. The average molecular weight is 216 g/mol. The molecule has 0 saturated heterocycles. The fourth-order valence-electron chi connectivity index (χ4n) is 1.70. The summed E-state index contributed by atoms with van der Waals surface area (Å²) < 4.78 is 0. The van der Waals surface area contributed by atoms with Gasteiger partial charge < -0.3 is 5.32 Å². The van der Waals surface area contributed by atoms with Gasteiger partial charge in [-0.05, 0) is 12.0 Å². The first-order chi connectivity index (χ1) is 7.86. The summed E-state index contributed by atoms with van der Waals surface area (Å²) in [7, 11) is 0. The monoisotopic (exact) mass is 216 g/mol. The fourth-order valence-corrected chi connectivity index (χ4v) is 1.70. The van der Waals surface area contributed by atoms with Crippen LogP contribution in [-0.2, 0) is 6.54 Å². The van der Waals surface area contributed by atoms with Crippen molar-refractivity contribution in [3.05, 3.63) is 35.9 Å². The van der Waals surface area contributed by atoms with Crippen molar-refractivity contribution in [1.29, 1.82) is 5.26 Å². The molecule has 86 valence electrons. The van der Waals surface area contributed by atoms with Crippen LogP contribution in [-0.4, -0.2) is 6.04 Å². The van der Waals surface area contributed by atoms with E-state index < -0.39 is 0 Å². The molecule has 0 heterocycles. The molecule has 1 unspecified atom stereocenters. The Bertz CT molecular complexity index is 313. The Balaban J connectivity index is 2.35. The maximum Gasteiger partial charge on any atom is 0.0638 e. The van der Waals surface area contributed by atoms with Crippen molar-refractivity contribution in [2.24, 2.45) is 0 Å². The third-order valence-electron chi connectivity index (χ3n) is 2.68. The highest BCUT2D eigenvalue weighted by atomic mass is 14.9. The Kier molecular flexibility index (Phi) is 6.29. The van der Waals surface area contributed by atoms with Gasteiger partial charge >= 0.3 is 0 Å². The molecule has 1 rings (SSSR count). The van der Waals surface area contributed by atoms with E-state index in [1.54, 1.807) is 0 Å². The Labute approximate surface area is 98.3 Å². The summed E-state index contributed by atoms with van der Waals surface area (Å²) >= 11 is 0. The number of rotatable bonds is 7. The first kappa shape index (κ1) is 12.7. The van der Waals surface area contributed by atoms with Crippen molar-refractivity contribution in [3.63, 3.8) is 0 Å². The van der Waals surface area contributed by atoms with Crippen molar-refractivity contribution >= 4 is 0 Å². The van der Waals surface area contributed by atoms with Gasteiger partial charge in [-0.1, -0.05) is 50.1 Å². The van der Waals surface area contributed by atoms with Crippen molar-refractivity contribution in [3.8, 4) is 6.07 Å². The zero-order valence-electron chi connectivity index (χ0n) is 9.95. The van der Waals surface area contributed by atoms with Gasteiger partial charge in [0.15, 0.2) is 0 Å². The molecule has 0 aliphatic rings. The Morgan fingerprint density at radius 3 is 2.69 bits per heavy atom. The van der Waals surface area contributed by atoms with E-state index in [1.807, 2.05) is 18.2 Å². The van der Waals surface area contributed by atoms with Gasteiger partial charge in [0, 0.05) is 12.6 Å². The van der Waals surface area contributed by atoms with E-state index in [2.05, 4.69) is 30.4 Å². The highest BCUT2D eigenvalue weighted by Crippen LogP contribution is 2.06. The van der Waals surface area contributed by atoms with E-state index in [4.69, 9.17) is 5.26 Å². The van der Waals surface area contributed by atoms with Crippen molar-refractivity contribution in [2.45, 2.75) is 45.2 Å². The van der Waals surface area contributed by atoms with Gasteiger partial charge in [-0.15, -0.1) is 0 Å². The second kappa shape index (κ2) is 7.90. The number of benzene rings is 1. The van der Waals surface area contributed by atoms with Gasteiger partial charge in [-0.25, -0.2) is 0 Å². The van der Waals surface area contributed by atoms with Crippen molar-refractivity contribution in [2.75, 3.05) is 0 Å². The third kappa shape index (κ3) is 4.95. The zero-order chi connectivity index (χ0) is 11.6. The molecule has 2 nitrogen and oxygen atoms in total. The molecular weight excluding hydrogens is 196 g/mol. The summed E-state index contributed by atoms with van der Waals surface area (Å²) in [6.07, 6.45) is 4.08. The molecule has 0 aromatic heterocycles. The lowest BCUT2D eigenvalue weighted by atomic mass is 10.1. The van der Waals surface area contributed by atoms with Crippen LogP contribution in [0.5, 0.6) is 0 Å². The maximum atomic E-state index is 8.74. The highest BCUT2D eigenvalue weighted by Gasteiger charge is 2.06. The van der Waals surface area contributed by atoms with Gasteiger partial charge in [-0.2, -0.15) is 5.26 Å². The van der Waals surface area contributed by atoms with Crippen LogP contribution in [0.4, 0.5) is 0 Å². The number of nitrogens with one attached hydrogen (secondary N) is 1. The number of hydrogen-bond acceptors (Lipinski definition) is 2. The van der Waals surface area contributed by atoms with E-state index >= 15 is 0 Å². The number of nitriles is 1. The highest BCUT2D eigenvalue weighted by molar-refractivity contribution is 5.14. The normalized spacial score (nSPS) is 12.0. The van der Waals surface area contributed by atoms with E-state index in [0.29, 0.717) is 12.5 Å². The Hall–Kier alpha value is -1.33. The summed E-state index contributed by atoms with van der Waals surface area (Å²) in [5.74, 6) is 0. The zero-order valence-corrected chi connectivity index (χ0v) is 9.95. The minimum absolute atomic E-state index is 0.338. The largest absolute Gasteiger partial charge is 0.309 e. The van der Waals surface area contributed by atoms with Crippen LogP contribution in [0.15, 0.2) is 30.3 Å². The fraction of sp³-hybridized carbons (Fsp3) is 0.500. The van der Waals surface area contributed by atoms with E-state index in [0.717, 1.165) is 13.0 Å². The number of unbranched alkanes of at least 4 members (excludes halogenated alkanes) is 1. The second-order valence-electron chi connectivity index (χ2n) is 4.07. The van der Waals surface area contributed by atoms with Crippen LogP contribution in [0, 0.1) is 11.3 Å². The smallest absolute Gasteiger partial charge is 0.0638 e. The van der Waals surface area contributed by atoms with Crippen molar-refractivity contribution in [1.82, 2.24) is 5.32 Å². The molecule has 1 aromatic rings. The van der Waals surface area contributed by atoms with Crippen LogP contribution in [0.2, 0.25) is 0 Å². The van der Waals surface area contributed by atoms with E-state index in [1.165, 1.54) is 18.4 Å². The topological polar surface area (TPSA) is 35.8 Å². The summed E-state index contributed by atoms with van der Waals surface area (Å²) in [6.45, 7) is 3.04. The van der Waals surface area contributed by atoms with Gasteiger partial charge in [0.05, 0.1) is 12.5 Å². The van der Waals surface area contributed by atoms with Crippen LogP contribution in [0.3, 0.4) is 0 Å². The van der Waals surface area contributed by atoms with Crippen molar-refractivity contribution < 1.29 is 0 Å². The minimum Gasteiger partial charge on any atom is -0.309 e. The molecule has 2 heteroatoms. The van der Waals surface area contributed by atoms with Gasteiger partial charge in [-0.3, -0.25) is 0 Å². The van der Waals surface area contributed by atoms with E-state index in [9.17, 15) is 0 Å². The standard InChI is InChI=1S/C14H20N2/c1-2-3-9-14(10-11-15)16-12-13-7-5-4-6-8-13/h4-8,14,16H,2-3,9-10,12H2,1H3. The number of nitrogens with zero attached hydrogens (tertiary/aromatic N) is 1. The molecule has 16 heavy (non-hydrogen) atoms. The molecule has 0 bridgehead atoms. The third-order valence-corrected chi connectivity index (χ3v) is 2.68. The van der Waals surface area contributed by atoms with Gasteiger partial charge in [0.25, 0.3) is 0 Å². The Morgan fingerprint density at radius 1 is 1.31 bits per heavy atom. The lowest BCUT2D eigenvalue weighted by molar-refractivity contribution is 0.470. The molecule has 0 amide bonds. The minimum atomic E-state index is 0.338. The second-order valence-corrected chi connectivity index (χ2v) is 4.07. The quantitative estimate of drug-likeness (QED) is 0.759. The molecule has 0 aliphatic heterocycles. The van der Waals surface area contributed by atoms with Crippen LogP contribution in [0.25, 0.3) is 0 Å². The predicted octanol–water partition coefficient (Wildman–Crippen LogP) is 3.25. The van der Waals surface area contributed by atoms with Crippen LogP contribution >= 0.6 is 0 Å². The molecule has 0 fully saturated rings. The maximum absolute atomic E-state index is 8.74. The summed E-state index contributed by atoms with van der Waals surface area (Å²) in [5, 5.41) is 12.2. The first-order valence-electron chi connectivity index (χ1n) is 6.01.